The van der Waals surface area contributed by atoms with Crippen molar-refractivity contribution in [3.63, 3.8) is 0 Å². The summed E-state index contributed by atoms with van der Waals surface area (Å²) in [5, 5.41) is 0. The minimum atomic E-state index is -0.671. The van der Waals surface area contributed by atoms with Crippen LogP contribution in [0.1, 0.15) is 12.7 Å². The van der Waals surface area contributed by atoms with Crippen LogP contribution in [0.3, 0.4) is 0 Å². The van der Waals surface area contributed by atoms with Crippen molar-refractivity contribution in [3.8, 4) is 0 Å². The van der Waals surface area contributed by atoms with Crippen molar-refractivity contribution in [1.29, 1.82) is 0 Å². The summed E-state index contributed by atoms with van der Waals surface area (Å²) in [5.41, 5.74) is 7.54. The first-order chi connectivity index (χ1) is 8.20. The fraction of sp³-hybridized carbons (Fsp3) is 0.333. The highest BCUT2D eigenvalue weighted by Gasteiger charge is 2.16. The molecule has 0 spiro atoms. The van der Waals surface area contributed by atoms with Crippen molar-refractivity contribution in [2.24, 2.45) is 5.73 Å². The lowest BCUT2D eigenvalue weighted by atomic mass is 10.2. The number of nitrogens with zero attached hydrogens (tertiary/aromatic N) is 1. The van der Waals surface area contributed by atoms with Crippen molar-refractivity contribution >= 4 is 17.0 Å². The number of rotatable bonds is 4. The highest BCUT2D eigenvalue weighted by atomic mass is 16.5. The average molecular weight is 233 g/mol. The number of nitrogens with one attached hydrogen (secondary N) is 1. The number of esters is 1. The number of nitrogens with two attached hydrogens (primary N) is 1. The van der Waals surface area contributed by atoms with Gasteiger partial charge in [-0.05, 0) is 19.1 Å². The standard InChI is InChI=1S/C12H15N3O2/c1-2-17-12(16)8(13)7-11-14-9-5-3-4-6-10(9)15-11/h3-6,8H,2,7,13H2,1H3,(H,14,15). The molecule has 2 aromatic rings. The third-order valence-corrected chi connectivity index (χ3v) is 2.44. The maximum absolute atomic E-state index is 11.4. The van der Waals surface area contributed by atoms with Gasteiger partial charge >= 0.3 is 5.97 Å². The highest BCUT2D eigenvalue weighted by molar-refractivity contribution is 5.77. The number of ether oxygens (including phenoxy) is 1. The molecule has 5 nitrogen and oxygen atoms in total. The van der Waals surface area contributed by atoms with Gasteiger partial charge in [0.2, 0.25) is 0 Å². The first-order valence-corrected chi connectivity index (χ1v) is 5.56. The van der Waals surface area contributed by atoms with Gasteiger partial charge in [-0.3, -0.25) is 4.79 Å². The van der Waals surface area contributed by atoms with Gasteiger partial charge < -0.3 is 15.5 Å². The third kappa shape index (κ3) is 2.62. The lowest BCUT2D eigenvalue weighted by Gasteiger charge is -2.08. The molecule has 1 atom stereocenters. The molecular formula is C12H15N3O2. The highest BCUT2D eigenvalue weighted by Crippen LogP contribution is 2.11. The van der Waals surface area contributed by atoms with Crippen molar-refractivity contribution in [3.05, 3.63) is 30.1 Å². The van der Waals surface area contributed by atoms with Gasteiger partial charge in [0.25, 0.3) is 0 Å². The van der Waals surface area contributed by atoms with Crippen LogP contribution in [0.4, 0.5) is 0 Å². The Kier molecular flexibility index (Phi) is 3.39. The number of para-hydroxylation sites is 2. The van der Waals surface area contributed by atoms with Gasteiger partial charge in [-0.25, -0.2) is 4.98 Å². The van der Waals surface area contributed by atoms with E-state index in [1.165, 1.54) is 0 Å². The van der Waals surface area contributed by atoms with Gasteiger partial charge in [0.15, 0.2) is 0 Å². The van der Waals surface area contributed by atoms with E-state index < -0.39 is 12.0 Å². The fourth-order valence-electron chi connectivity index (χ4n) is 1.64. The summed E-state index contributed by atoms with van der Waals surface area (Å²) in [5.74, 6) is 0.305. The SMILES string of the molecule is CCOC(=O)C(N)Cc1nc2ccccc2[nH]1. The van der Waals surface area contributed by atoms with Crippen LogP contribution < -0.4 is 5.73 Å². The molecule has 1 aromatic heterocycles. The minimum absolute atomic E-state index is 0.340. The van der Waals surface area contributed by atoms with Gasteiger partial charge in [-0.1, -0.05) is 12.1 Å². The lowest BCUT2D eigenvalue weighted by molar-refractivity contribution is -0.144. The van der Waals surface area contributed by atoms with Crippen LogP contribution in [0.15, 0.2) is 24.3 Å². The Labute approximate surface area is 99.0 Å². The van der Waals surface area contributed by atoms with Gasteiger partial charge in [-0.15, -0.1) is 0 Å². The topological polar surface area (TPSA) is 81.0 Å². The molecule has 3 N–H and O–H groups in total. The predicted octanol–water partition coefficient (Wildman–Crippen LogP) is 0.996. The van der Waals surface area contributed by atoms with Crippen molar-refractivity contribution < 1.29 is 9.53 Å². The van der Waals surface area contributed by atoms with E-state index in [2.05, 4.69) is 9.97 Å². The normalized spacial score (nSPS) is 12.6. The molecule has 5 heteroatoms. The maximum atomic E-state index is 11.4. The van der Waals surface area contributed by atoms with Gasteiger partial charge in [0.1, 0.15) is 11.9 Å². The number of imidazole rings is 1. The molecule has 90 valence electrons. The first-order valence-electron chi connectivity index (χ1n) is 5.56. The number of carbonyl (C=O) groups is 1. The number of H-pyrrole nitrogens is 1. The van der Waals surface area contributed by atoms with Crippen LogP contribution in [-0.2, 0) is 16.0 Å². The summed E-state index contributed by atoms with van der Waals surface area (Å²) in [4.78, 5) is 18.9. The molecule has 0 aliphatic heterocycles. The first kappa shape index (κ1) is 11.6. The summed E-state index contributed by atoms with van der Waals surface area (Å²) in [6, 6.07) is 7.01. The zero-order chi connectivity index (χ0) is 12.3. The smallest absolute Gasteiger partial charge is 0.323 e. The fourth-order valence-corrected chi connectivity index (χ4v) is 1.64. The van der Waals surface area contributed by atoms with Crippen molar-refractivity contribution in [1.82, 2.24) is 9.97 Å². The second kappa shape index (κ2) is 4.97. The van der Waals surface area contributed by atoms with Crippen molar-refractivity contribution in [2.45, 2.75) is 19.4 Å². The van der Waals surface area contributed by atoms with Gasteiger partial charge in [0.05, 0.1) is 17.6 Å². The van der Waals surface area contributed by atoms with Crippen LogP contribution >= 0.6 is 0 Å². The largest absolute Gasteiger partial charge is 0.465 e. The molecule has 1 aromatic carbocycles. The molecule has 1 unspecified atom stereocenters. The number of aromatic nitrogens is 2. The monoisotopic (exact) mass is 233 g/mol. The molecule has 17 heavy (non-hydrogen) atoms. The Morgan fingerprint density at radius 1 is 1.53 bits per heavy atom. The molecule has 0 amide bonds. The molecule has 0 saturated heterocycles. The molecule has 0 aliphatic rings. The van der Waals surface area contributed by atoms with E-state index in [1.54, 1.807) is 6.92 Å². The van der Waals surface area contributed by atoms with Crippen LogP contribution in [0.25, 0.3) is 11.0 Å². The van der Waals surface area contributed by atoms with Crippen LogP contribution in [0.5, 0.6) is 0 Å². The second-order valence-electron chi connectivity index (χ2n) is 3.76. The summed E-state index contributed by atoms with van der Waals surface area (Å²) in [6.07, 6.45) is 0.355. The summed E-state index contributed by atoms with van der Waals surface area (Å²) < 4.78 is 4.84. The Bertz CT molecular complexity index is 488. The summed E-state index contributed by atoms with van der Waals surface area (Å²) in [7, 11) is 0. The third-order valence-electron chi connectivity index (χ3n) is 2.44. The molecule has 2 rings (SSSR count). The number of benzene rings is 1. The number of hydrogen-bond acceptors (Lipinski definition) is 4. The molecule has 1 heterocycles. The van der Waals surface area contributed by atoms with Crippen molar-refractivity contribution in [2.75, 3.05) is 6.61 Å². The zero-order valence-electron chi connectivity index (χ0n) is 9.64. The van der Waals surface area contributed by atoms with Gasteiger partial charge in [-0.2, -0.15) is 0 Å². The van der Waals surface area contributed by atoms with E-state index in [-0.39, 0.29) is 0 Å². The number of hydrogen-bond donors (Lipinski definition) is 2. The Morgan fingerprint density at radius 3 is 3.00 bits per heavy atom. The molecular weight excluding hydrogens is 218 g/mol. The van der Waals surface area contributed by atoms with E-state index in [0.717, 1.165) is 11.0 Å². The van der Waals surface area contributed by atoms with Crippen LogP contribution in [0.2, 0.25) is 0 Å². The molecule has 0 fully saturated rings. The Morgan fingerprint density at radius 2 is 2.29 bits per heavy atom. The number of carbonyl (C=O) groups excluding carboxylic acids is 1. The summed E-state index contributed by atoms with van der Waals surface area (Å²) in [6.45, 7) is 2.10. The van der Waals surface area contributed by atoms with E-state index in [1.807, 2.05) is 24.3 Å². The second-order valence-corrected chi connectivity index (χ2v) is 3.76. The van der Waals surface area contributed by atoms with Crippen LogP contribution in [0, 0.1) is 0 Å². The minimum Gasteiger partial charge on any atom is -0.465 e. The van der Waals surface area contributed by atoms with Gasteiger partial charge in [0, 0.05) is 6.42 Å². The van der Waals surface area contributed by atoms with E-state index >= 15 is 0 Å². The number of aromatic amines is 1. The van der Waals surface area contributed by atoms with Crippen LogP contribution in [-0.4, -0.2) is 28.6 Å². The summed E-state index contributed by atoms with van der Waals surface area (Å²) >= 11 is 0. The van der Waals surface area contributed by atoms with E-state index in [4.69, 9.17) is 10.5 Å². The zero-order valence-corrected chi connectivity index (χ0v) is 9.64. The maximum Gasteiger partial charge on any atom is 0.323 e. The predicted molar refractivity (Wildman–Crippen MR) is 64.4 cm³/mol. The van der Waals surface area contributed by atoms with E-state index in [9.17, 15) is 4.79 Å². The lowest BCUT2D eigenvalue weighted by Crippen LogP contribution is -2.34. The number of fused-ring (bicyclic) bond motifs is 1. The molecule has 0 bridgehead atoms. The van der Waals surface area contributed by atoms with E-state index in [0.29, 0.717) is 18.9 Å². The molecule has 0 radical (unpaired) electrons. The average Bonchev–Trinajstić information content (AvgIpc) is 2.71. The quantitative estimate of drug-likeness (QED) is 0.772. The molecule has 0 aliphatic carbocycles. The Hall–Kier alpha value is -1.88. The molecule has 0 saturated carbocycles. The Balaban J connectivity index is 2.10.